The lowest BCUT2D eigenvalue weighted by molar-refractivity contribution is 1.77. The molecule has 0 bridgehead atoms. The second-order valence-electron chi connectivity index (χ2n) is 4.93. The first-order valence-corrected chi connectivity index (χ1v) is 7.19. The Bertz CT molecular complexity index is 891. The molecule has 0 aliphatic rings. The van der Waals surface area contributed by atoms with E-state index in [1.54, 1.807) is 0 Å². The molecule has 0 amide bonds. The minimum atomic E-state index is 0.744. The van der Waals surface area contributed by atoms with Crippen LogP contribution in [0.3, 0.4) is 0 Å². The number of halogens is 2. The highest BCUT2D eigenvalue weighted by atomic mass is 35.5. The van der Waals surface area contributed by atoms with Crippen LogP contribution >= 0.6 is 23.2 Å². The Kier molecular flexibility index (Phi) is 2.63. The summed E-state index contributed by atoms with van der Waals surface area (Å²) in [7, 11) is 0. The average Bonchev–Trinajstić information content (AvgIpc) is 2.47. The summed E-state index contributed by atoms with van der Waals surface area (Å²) in [5.41, 5.74) is 0. The van der Waals surface area contributed by atoms with Crippen LogP contribution in [0.5, 0.6) is 0 Å². The highest BCUT2D eigenvalue weighted by molar-refractivity contribution is 6.35. The molecular weight excluding hydrogens is 287 g/mol. The molecule has 0 saturated carbocycles. The van der Waals surface area contributed by atoms with Gasteiger partial charge in [-0.15, -0.1) is 0 Å². The summed E-state index contributed by atoms with van der Waals surface area (Å²) in [5.74, 6) is 0. The quantitative estimate of drug-likeness (QED) is 0.327. The first-order chi connectivity index (χ1) is 9.74. The van der Waals surface area contributed by atoms with E-state index in [1.165, 1.54) is 21.5 Å². The third kappa shape index (κ3) is 1.69. The molecule has 0 aromatic heterocycles. The van der Waals surface area contributed by atoms with Gasteiger partial charge in [0.15, 0.2) is 0 Å². The molecule has 0 spiro atoms. The van der Waals surface area contributed by atoms with Gasteiger partial charge in [0.2, 0.25) is 0 Å². The van der Waals surface area contributed by atoms with Gasteiger partial charge in [-0.05, 0) is 56.6 Å². The highest BCUT2D eigenvalue weighted by Gasteiger charge is 2.08. The number of hydrogen-bond donors (Lipinski definition) is 0. The van der Waals surface area contributed by atoms with E-state index in [-0.39, 0.29) is 0 Å². The first-order valence-electron chi connectivity index (χ1n) is 6.43. The third-order valence-electron chi connectivity index (χ3n) is 3.76. The van der Waals surface area contributed by atoms with Crippen LogP contribution in [0.2, 0.25) is 10.0 Å². The van der Waals surface area contributed by atoms with Gasteiger partial charge in [-0.25, -0.2) is 0 Å². The van der Waals surface area contributed by atoms with Crippen LogP contribution in [-0.2, 0) is 0 Å². The number of rotatable bonds is 0. The minimum Gasteiger partial charge on any atom is -0.0843 e. The van der Waals surface area contributed by atoms with E-state index >= 15 is 0 Å². The number of fused-ring (bicyclic) bond motifs is 6. The van der Waals surface area contributed by atoms with E-state index in [0.717, 1.165) is 20.8 Å². The molecule has 0 saturated heterocycles. The summed E-state index contributed by atoms with van der Waals surface area (Å²) in [5, 5.41) is 8.69. The second-order valence-corrected chi connectivity index (χ2v) is 5.80. The van der Waals surface area contributed by atoms with Gasteiger partial charge < -0.3 is 0 Å². The topological polar surface area (TPSA) is 0 Å². The fourth-order valence-electron chi connectivity index (χ4n) is 2.90. The van der Waals surface area contributed by atoms with Crippen molar-refractivity contribution >= 4 is 55.5 Å². The molecule has 0 fully saturated rings. The summed E-state index contributed by atoms with van der Waals surface area (Å²) in [4.78, 5) is 0. The summed E-state index contributed by atoms with van der Waals surface area (Å²) in [6.07, 6.45) is 0. The van der Waals surface area contributed by atoms with Crippen molar-refractivity contribution in [1.29, 1.82) is 0 Å². The molecule has 0 N–H and O–H groups in total. The average molecular weight is 297 g/mol. The van der Waals surface area contributed by atoms with E-state index < -0.39 is 0 Å². The number of benzene rings is 4. The molecule has 0 radical (unpaired) electrons. The predicted octanol–water partition coefficient (Wildman–Crippen LogP) is 6.45. The summed E-state index contributed by atoms with van der Waals surface area (Å²) in [6.45, 7) is 0. The van der Waals surface area contributed by atoms with Crippen LogP contribution < -0.4 is 0 Å². The Morgan fingerprint density at radius 3 is 1.30 bits per heavy atom. The fourth-order valence-corrected chi connectivity index (χ4v) is 3.25. The summed E-state index contributed by atoms with van der Waals surface area (Å²) < 4.78 is 0. The Hall–Kier alpha value is -1.76. The maximum atomic E-state index is 6.18. The molecule has 0 aliphatic heterocycles. The lowest BCUT2D eigenvalue weighted by atomic mass is 9.94. The molecule has 4 aromatic carbocycles. The van der Waals surface area contributed by atoms with Crippen LogP contribution in [-0.4, -0.2) is 0 Å². The Morgan fingerprint density at radius 1 is 0.450 bits per heavy atom. The second kappa shape index (κ2) is 4.37. The van der Waals surface area contributed by atoms with Crippen molar-refractivity contribution in [3.05, 3.63) is 70.7 Å². The van der Waals surface area contributed by atoms with Crippen LogP contribution in [0, 0.1) is 0 Å². The summed E-state index contributed by atoms with van der Waals surface area (Å²) >= 11 is 12.4. The zero-order valence-electron chi connectivity index (χ0n) is 10.5. The van der Waals surface area contributed by atoms with Crippen LogP contribution in [0.25, 0.3) is 32.3 Å². The lowest BCUT2D eigenvalue weighted by Gasteiger charge is -2.10. The van der Waals surface area contributed by atoms with Gasteiger partial charge in [-0.3, -0.25) is 0 Å². The molecule has 0 unspecified atom stereocenters. The van der Waals surface area contributed by atoms with Gasteiger partial charge in [-0.2, -0.15) is 0 Å². The molecule has 4 rings (SSSR count). The van der Waals surface area contributed by atoms with Crippen molar-refractivity contribution in [3.8, 4) is 0 Å². The maximum absolute atomic E-state index is 6.18. The largest absolute Gasteiger partial charge is 0.0843 e. The molecule has 96 valence electrons. The number of hydrogen-bond acceptors (Lipinski definition) is 0. The van der Waals surface area contributed by atoms with Crippen molar-refractivity contribution in [3.63, 3.8) is 0 Å². The van der Waals surface area contributed by atoms with Crippen LogP contribution in [0.15, 0.2) is 60.7 Å². The predicted molar refractivity (Wildman–Crippen MR) is 89.0 cm³/mol. The monoisotopic (exact) mass is 296 g/mol. The molecule has 2 heteroatoms. The fraction of sp³-hybridized carbons (Fsp3) is 0. The minimum absolute atomic E-state index is 0.744. The normalized spacial score (nSPS) is 11.5. The summed E-state index contributed by atoms with van der Waals surface area (Å²) in [6, 6.07) is 20.5. The zero-order valence-corrected chi connectivity index (χ0v) is 12.0. The van der Waals surface area contributed by atoms with E-state index in [9.17, 15) is 0 Å². The smallest absolute Gasteiger partial charge is 0.0412 e. The SMILES string of the molecule is Clc1ccc2c3ccccc3c3ccc(Cl)cc3c2c1. The Labute approximate surface area is 126 Å². The van der Waals surface area contributed by atoms with Crippen molar-refractivity contribution in [1.82, 2.24) is 0 Å². The Balaban J connectivity index is 2.41. The third-order valence-corrected chi connectivity index (χ3v) is 4.23. The van der Waals surface area contributed by atoms with Crippen molar-refractivity contribution in [2.45, 2.75) is 0 Å². The van der Waals surface area contributed by atoms with Crippen molar-refractivity contribution in [2.24, 2.45) is 0 Å². The lowest BCUT2D eigenvalue weighted by Crippen LogP contribution is -1.83. The standard InChI is InChI=1S/C18H10Cl2/c19-11-5-7-15-13-3-1-2-4-14(13)16-8-6-12(20)10-18(16)17(15)9-11/h1-10H. The van der Waals surface area contributed by atoms with E-state index in [0.29, 0.717) is 0 Å². The molecule has 0 nitrogen and oxygen atoms in total. The van der Waals surface area contributed by atoms with E-state index in [2.05, 4.69) is 36.4 Å². The van der Waals surface area contributed by atoms with Crippen molar-refractivity contribution < 1.29 is 0 Å². The van der Waals surface area contributed by atoms with Gasteiger partial charge in [-0.1, -0.05) is 59.6 Å². The van der Waals surface area contributed by atoms with Crippen LogP contribution in [0.1, 0.15) is 0 Å². The molecule has 20 heavy (non-hydrogen) atoms. The van der Waals surface area contributed by atoms with Crippen molar-refractivity contribution in [2.75, 3.05) is 0 Å². The molecular formula is C18H10Cl2. The van der Waals surface area contributed by atoms with Gasteiger partial charge in [0.25, 0.3) is 0 Å². The first kappa shape index (κ1) is 12.0. The maximum Gasteiger partial charge on any atom is 0.0412 e. The van der Waals surface area contributed by atoms with Gasteiger partial charge in [0.1, 0.15) is 0 Å². The van der Waals surface area contributed by atoms with E-state index in [1.807, 2.05) is 24.3 Å². The molecule has 4 aromatic rings. The van der Waals surface area contributed by atoms with Gasteiger partial charge in [0, 0.05) is 10.0 Å². The molecule has 0 heterocycles. The van der Waals surface area contributed by atoms with Gasteiger partial charge >= 0.3 is 0 Å². The Morgan fingerprint density at radius 2 is 0.850 bits per heavy atom. The molecule has 0 aliphatic carbocycles. The zero-order chi connectivity index (χ0) is 13.7. The van der Waals surface area contributed by atoms with Gasteiger partial charge in [0.05, 0.1) is 0 Å². The molecule has 0 atom stereocenters. The van der Waals surface area contributed by atoms with Crippen LogP contribution in [0.4, 0.5) is 0 Å². The van der Waals surface area contributed by atoms with E-state index in [4.69, 9.17) is 23.2 Å². The highest BCUT2D eigenvalue weighted by Crippen LogP contribution is 2.37.